The lowest BCUT2D eigenvalue weighted by Gasteiger charge is -2.03. The van der Waals surface area contributed by atoms with Gasteiger partial charge in [-0.05, 0) is 17.9 Å². The Morgan fingerprint density at radius 1 is 1.25 bits per heavy atom. The lowest BCUT2D eigenvalue weighted by Crippen LogP contribution is -1.97. The standard InChI is InChI=1S/C10H11N3S3/c1-14-9-12-13-10(16-9)15-8-5-3-2-4-7(8)6-11/h2-5H,6,11H2,1H3. The van der Waals surface area contributed by atoms with E-state index < -0.39 is 0 Å². The minimum Gasteiger partial charge on any atom is -0.326 e. The molecule has 0 atom stereocenters. The first-order chi connectivity index (χ1) is 7.83. The smallest absolute Gasteiger partial charge is 0.179 e. The van der Waals surface area contributed by atoms with Gasteiger partial charge in [-0.15, -0.1) is 10.2 Å². The monoisotopic (exact) mass is 269 g/mol. The van der Waals surface area contributed by atoms with E-state index in [0.29, 0.717) is 6.54 Å². The third-order valence-corrected chi connectivity index (χ3v) is 5.02. The van der Waals surface area contributed by atoms with Gasteiger partial charge in [-0.25, -0.2) is 0 Å². The van der Waals surface area contributed by atoms with Crippen molar-refractivity contribution in [1.82, 2.24) is 10.2 Å². The van der Waals surface area contributed by atoms with Gasteiger partial charge in [-0.1, -0.05) is 53.1 Å². The molecule has 0 saturated carbocycles. The average molecular weight is 269 g/mol. The van der Waals surface area contributed by atoms with E-state index in [0.717, 1.165) is 19.1 Å². The fraction of sp³-hybridized carbons (Fsp3) is 0.200. The molecule has 0 fully saturated rings. The van der Waals surface area contributed by atoms with Crippen molar-refractivity contribution >= 4 is 34.9 Å². The van der Waals surface area contributed by atoms with E-state index in [9.17, 15) is 0 Å². The van der Waals surface area contributed by atoms with Gasteiger partial charge in [0, 0.05) is 11.4 Å². The first-order valence-corrected chi connectivity index (χ1v) is 7.52. The predicted molar refractivity (Wildman–Crippen MR) is 70.1 cm³/mol. The van der Waals surface area contributed by atoms with Gasteiger partial charge in [0.05, 0.1) is 0 Å². The van der Waals surface area contributed by atoms with Crippen LogP contribution in [0.15, 0.2) is 37.8 Å². The maximum Gasteiger partial charge on any atom is 0.179 e. The molecule has 0 radical (unpaired) electrons. The second kappa shape index (κ2) is 5.67. The zero-order chi connectivity index (χ0) is 11.4. The number of nitrogens with two attached hydrogens (primary N) is 1. The van der Waals surface area contributed by atoms with E-state index in [2.05, 4.69) is 16.3 Å². The van der Waals surface area contributed by atoms with Crippen molar-refractivity contribution in [3.63, 3.8) is 0 Å². The molecule has 0 amide bonds. The van der Waals surface area contributed by atoms with Crippen molar-refractivity contribution in [3.05, 3.63) is 29.8 Å². The summed E-state index contributed by atoms with van der Waals surface area (Å²) in [6.45, 7) is 0.553. The lowest BCUT2D eigenvalue weighted by atomic mass is 10.2. The number of nitrogens with zero attached hydrogens (tertiary/aromatic N) is 2. The van der Waals surface area contributed by atoms with Crippen molar-refractivity contribution in [3.8, 4) is 0 Å². The normalized spacial score (nSPS) is 10.6. The van der Waals surface area contributed by atoms with Crippen LogP contribution in [0.3, 0.4) is 0 Å². The maximum absolute atomic E-state index is 5.69. The van der Waals surface area contributed by atoms with Crippen molar-refractivity contribution < 1.29 is 0 Å². The van der Waals surface area contributed by atoms with Crippen molar-refractivity contribution in [1.29, 1.82) is 0 Å². The Balaban J connectivity index is 2.19. The molecule has 16 heavy (non-hydrogen) atoms. The Bertz CT molecular complexity index is 470. The largest absolute Gasteiger partial charge is 0.326 e. The molecule has 0 unspecified atom stereocenters. The predicted octanol–water partition coefficient (Wildman–Crippen LogP) is 2.87. The SMILES string of the molecule is CSc1nnc(Sc2ccccc2CN)s1. The van der Waals surface area contributed by atoms with Crippen LogP contribution in [-0.2, 0) is 6.54 Å². The van der Waals surface area contributed by atoms with E-state index in [1.165, 1.54) is 0 Å². The van der Waals surface area contributed by atoms with Gasteiger partial charge in [0.15, 0.2) is 8.68 Å². The summed E-state index contributed by atoms with van der Waals surface area (Å²) in [4.78, 5) is 1.16. The van der Waals surface area contributed by atoms with E-state index in [4.69, 9.17) is 5.73 Å². The number of hydrogen-bond donors (Lipinski definition) is 1. The van der Waals surface area contributed by atoms with Gasteiger partial charge in [-0.2, -0.15) is 0 Å². The molecule has 3 nitrogen and oxygen atoms in total. The molecule has 0 spiro atoms. The van der Waals surface area contributed by atoms with Crippen LogP contribution in [0.2, 0.25) is 0 Å². The molecule has 1 aromatic carbocycles. The number of aromatic nitrogens is 2. The molecule has 0 aliphatic carbocycles. The van der Waals surface area contributed by atoms with Crippen LogP contribution >= 0.6 is 34.9 Å². The molecular weight excluding hydrogens is 258 g/mol. The van der Waals surface area contributed by atoms with Crippen molar-refractivity contribution in [2.75, 3.05) is 6.26 Å². The van der Waals surface area contributed by atoms with Gasteiger partial charge < -0.3 is 5.73 Å². The van der Waals surface area contributed by atoms with Gasteiger partial charge in [0.1, 0.15) is 0 Å². The third-order valence-electron chi connectivity index (χ3n) is 1.95. The summed E-state index contributed by atoms with van der Waals surface area (Å²) in [6, 6.07) is 8.11. The lowest BCUT2D eigenvalue weighted by molar-refractivity contribution is 0.953. The summed E-state index contributed by atoms with van der Waals surface area (Å²) < 4.78 is 1.96. The summed E-state index contributed by atoms with van der Waals surface area (Å²) in [5, 5.41) is 8.19. The summed E-state index contributed by atoms with van der Waals surface area (Å²) >= 11 is 4.85. The van der Waals surface area contributed by atoms with Crippen LogP contribution in [0, 0.1) is 0 Å². The highest BCUT2D eigenvalue weighted by Crippen LogP contribution is 2.34. The van der Waals surface area contributed by atoms with Crippen LogP contribution in [0.5, 0.6) is 0 Å². The summed E-state index contributed by atoms with van der Waals surface area (Å²) in [5.74, 6) is 0. The molecule has 2 N–H and O–H groups in total. The highest BCUT2D eigenvalue weighted by atomic mass is 32.2. The summed E-state index contributed by atoms with van der Waals surface area (Å²) in [7, 11) is 0. The highest BCUT2D eigenvalue weighted by molar-refractivity contribution is 8.03. The molecule has 0 aliphatic heterocycles. The zero-order valence-electron chi connectivity index (χ0n) is 8.71. The Morgan fingerprint density at radius 2 is 2.00 bits per heavy atom. The molecule has 2 aromatic rings. The van der Waals surface area contributed by atoms with E-state index >= 15 is 0 Å². The molecule has 1 heterocycles. The molecule has 0 saturated heterocycles. The Labute approximate surface area is 107 Å². The van der Waals surface area contributed by atoms with Crippen molar-refractivity contribution in [2.24, 2.45) is 5.73 Å². The quantitative estimate of drug-likeness (QED) is 0.865. The third kappa shape index (κ3) is 2.76. The number of thioether (sulfide) groups is 1. The maximum atomic E-state index is 5.69. The Hall–Kier alpha value is -0.560. The van der Waals surface area contributed by atoms with E-state index in [1.54, 1.807) is 34.9 Å². The fourth-order valence-corrected chi connectivity index (χ4v) is 3.72. The second-order valence-corrected chi connectivity index (χ2v) is 6.27. The topological polar surface area (TPSA) is 51.8 Å². The van der Waals surface area contributed by atoms with Crippen LogP contribution in [0.25, 0.3) is 0 Å². The molecule has 84 valence electrons. The van der Waals surface area contributed by atoms with Crippen LogP contribution < -0.4 is 5.73 Å². The molecule has 6 heteroatoms. The van der Waals surface area contributed by atoms with Crippen LogP contribution in [0.4, 0.5) is 0 Å². The first kappa shape index (κ1) is 11.9. The van der Waals surface area contributed by atoms with Crippen molar-refractivity contribution in [2.45, 2.75) is 20.1 Å². The average Bonchev–Trinajstić information content (AvgIpc) is 2.77. The number of benzene rings is 1. The second-order valence-electron chi connectivity index (χ2n) is 2.95. The number of hydrogen-bond acceptors (Lipinski definition) is 6. The fourth-order valence-electron chi connectivity index (χ4n) is 1.19. The Morgan fingerprint density at radius 3 is 2.69 bits per heavy atom. The van der Waals surface area contributed by atoms with E-state index in [-0.39, 0.29) is 0 Å². The zero-order valence-corrected chi connectivity index (χ0v) is 11.2. The van der Waals surface area contributed by atoms with Gasteiger partial charge in [0.2, 0.25) is 0 Å². The molecular formula is C10H11N3S3. The minimum atomic E-state index is 0.553. The summed E-state index contributed by atoms with van der Waals surface area (Å²) in [6.07, 6.45) is 2.00. The first-order valence-electron chi connectivity index (χ1n) is 4.67. The van der Waals surface area contributed by atoms with Gasteiger partial charge in [-0.3, -0.25) is 0 Å². The highest BCUT2D eigenvalue weighted by Gasteiger charge is 2.07. The van der Waals surface area contributed by atoms with Gasteiger partial charge in [0.25, 0.3) is 0 Å². The Kier molecular flexibility index (Phi) is 4.22. The van der Waals surface area contributed by atoms with Crippen LogP contribution in [-0.4, -0.2) is 16.5 Å². The molecule has 0 aliphatic rings. The molecule has 2 rings (SSSR count). The van der Waals surface area contributed by atoms with Gasteiger partial charge >= 0.3 is 0 Å². The van der Waals surface area contributed by atoms with Crippen LogP contribution in [0.1, 0.15) is 5.56 Å². The molecule has 0 bridgehead atoms. The molecule has 1 aromatic heterocycles. The van der Waals surface area contributed by atoms with E-state index in [1.807, 2.05) is 24.5 Å². The number of rotatable bonds is 4. The minimum absolute atomic E-state index is 0.553. The summed E-state index contributed by atoms with van der Waals surface area (Å²) in [5.41, 5.74) is 6.83.